The van der Waals surface area contributed by atoms with Crippen molar-refractivity contribution >= 4 is 27.7 Å². The van der Waals surface area contributed by atoms with Gasteiger partial charge in [-0.25, -0.2) is 0 Å². The van der Waals surface area contributed by atoms with Gasteiger partial charge in [0.15, 0.2) is 0 Å². The Bertz CT molecular complexity index is 465. The Morgan fingerprint density at radius 2 is 2.16 bits per heavy atom. The van der Waals surface area contributed by atoms with Crippen LogP contribution in [0.25, 0.3) is 0 Å². The van der Waals surface area contributed by atoms with Crippen molar-refractivity contribution in [3.8, 4) is 0 Å². The van der Waals surface area contributed by atoms with E-state index in [1.54, 1.807) is 25.2 Å². The van der Waals surface area contributed by atoms with Crippen LogP contribution in [-0.2, 0) is 14.3 Å². The Kier molecular flexibility index (Phi) is 5.98. The van der Waals surface area contributed by atoms with E-state index < -0.39 is 11.9 Å². The van der Waals surface area contributed by atoms with Crippen molar-refractivity contribution in [3.63, 3.8) is 0 Å². The normalized spacial score (nSPS) is 11.9. The van der Waals surface area contributed by atoms with Crippen LogP contribution in [0.1, 0.15) is 18.0 Å². The molecule has 2 amide bonds. The first kappa shape index (κ1) is 15.7. The highest BCUT2D eigenvalue weighted by atomic mass is 79.9. The van der Waals surface area contributed by atoms with Crippen LogP contribution < -0.4 is 5.73 Å². The Hall–Kier alpha value is -1.40. The van der Waals surface area contributed by atoms with Gasteiger partial charge in [-0.3, -0.25) is 9.59 Å². The number of benzene rings is 1. The largest absolute Gasteiger partial charge is 0.384 e. The maximum atomic E-state index is 11.9. The van der Waals surface area contributed by atoms with Crippen molar-refractivity contribution in [1.82, 2.24) is 4.90 Å². The lowest BCUT2D eigenvalue weighted by Crippen LogP contribution is -2.39. The summed E-state index contributed by atoms with van der Waals surface area (Å²) >= 11 is 3.33. The van der Waals surface area contributed by atoms with E-state index in [2.05, 4.69) is 15.9 Å². The van der Waals surface area contributed by atoms with E-state index in [1.165, 1.54) is 12.0 Å². The summed E-state index contributed by atoms with van der Waals surface area (Å²) in [5.74, 6) is -0.753. The molecule has 5 nitrogen and oxygen atoms in total. The SMILES string of the molecule is COCCC(=O)N(C)[C@@H](C(N)=O)c1cccc(Br)c1. The molecule has 0 aromatic heterocycles. The second-order valence-corrected chi connectivity index (χ2v) is 5.02. The number of primary amides is 1. The van der Waals surface area contributed by atoms with Crippen LogP contribution in [0.15, 0.2) is 28.7 Å². The third-order valence-electron chi connectivity index (χ3n) is 2.73. The minimum Gasteiger partial charge on any atom is -0.384 e. The standard InChI is InChI=1S/C13H17BrN2O3/c1-16(11(17)6-7-19-2)12(13(15)18)9-4-3-5-10(14)8-9/h3-5,8,12H,6-7H2,1-2H3,(H2,15,18)/t12-/m1/s1. The average molecular weight is 329 g/mol. The summed E-state index contributed by atoms with van der Waals surface area (Å²) in [6, 6.07) is 6.40. The lowest BCUT2D eigenvalue weighted by molar-refractivity contribution is -0.138. The maximum Gasteiger partial charge on any atom is 0.244 e. The van der Waals surface area contributed by atoms with E-state index in [4.69, 9.17) is 10.5 Å². The number of carbonyl (C=O) groups excluding carboxylic acids is 2. The molecule has 0 aliphatic rings. The number of nitrogens with two attached hydrogens (primary N) is 1. The number of methoxy groups -OCH3 is 1. The minimum absolute atomic E-state index is 0.189. The zero-order chi connectivity index (χ0) is 14.4. The molecule has 0 spiro atoms. The molecule has 0 saturated heterocycles. The summed E-state index contributed by atoms with van der Waals surface area (Å²) in [7, 11) is 3.08. The van der Waals surface area contributed by atoms with Gasteiger partial charge in [0.25, 0.3) is 0 Å². The fraction of sp³-hybridized carbons (Fsp3) is 0.385. The van der Waals surface area contributed by atoms with Crippen molar-refractivity contribution in [3.05, 3.63) is 34.3 Å². The van der Waals surface area contributed by atoms with E-state index in [-0.39, 0.29) is 12.3 Å². The van der Waals surface area contributed by atoms with Crippen molar-refractivity contribution in [2.24, 2.45) is 5.73 Å². The third-order valence-corrected chi connectivity index (χ3v) is 3.23. The first-order chi connectivity index (χ1) is 8.97. The van der Waals surface area contributed by atoms with Gasteiger partial charge in [-0.05, 0) is 17.7 Å². The summed E-state index contributed by atoms with van der Waals surface area (Å²) in [4.78, 5) is 24.9. The lowest BCUT2D eigenvalue weighted by Gasteiger charge is -2.26. The predicted molar refractivity (Wildman–Crippen MR) is 75.3 cm³/mol. The van der Waals surface area contributed by atoms with E-state index in [0.717, 1.165) is 4.47 Å². The van der Waals surface area contributed by atoms with Crippen LogP contribution in [0.3, 0.4) is 0 Å². The topological polar surface area (TPSA) is 72.6 Å². The van der Waals surface area contributed by atoms with E-state index in [9.17, 15) is 9.59 Å². The van der Waals surface area contributed by atoms with Gasteiger partial charge < -0.3 is 15.4 Å². The highest BCUT2D eigenvalue weighted by Crippen LogP contribution is 2.23. The van der Waals surface area contributed by atoms with Crippen molar-refractivity contribution in [2.45, 2.75) is 12.5 Å². The molecule has 1 rings (SSSR count). The Morgan fingerprint density at radius 3 is 2.68 bits per heavy atom. The molecule has 6 heteroatoms. The highest BCUT2D eigenvalue weighted by Gasteiger charge is 2.26. The van der Waals surface area contributed by atoms with Crippen molar-refractivity contribution < 1.29 is 14.3 Å². The first-order valence-corrected chi connectivity index (χ1v) is 6.56. The molecule has 0 aliphatic heterocycles. The number of ether oxygens (including phenoxy) is 1. The number of amides is 2. The summed E-state index contributed by atoms with van der Waals surface area (Å²) in [5, 5.41) is 0. The molecule has 0 radical (unpaired) electrons. The van der Waals surface area contributed by atoms with Gasteiger partial charge in [0.1, 0.15) is 6.04 Å². The molecule has 0 fully saturated rings. The third kappa shape index (κ3) is 4.33. The Labute approximate surface area is 120 Å². The Morgan fingerprint density at radius 1 is 1.47 bits per heavy atom. The molecule has 0 bridgehead atoms. The molecule has 1 aromatic rings. The molecule has 2 N–H and O–H groups in total. The molecule has 104 valence electrons. The van der Waals surface area contributed by atoms with Crippen LogP contribution in [-0.4, -0.2) is 37.5 Å². The highest BCUT2D eigenvalue weighted by molar-refractivity contribution is 9.10. The van der Waals surface area contributed by atoms with Crippen LogP contribution in [0, 0.1) is 0 Å². The summed E-state index contributed by atoms with van der Waals surface area (Å²) in [5.41, 5.74) is 6.08. The van der Waals surface area contributed by atoms with Crippen LogP contribution in [0.5, 0.6) is 0 Å². The van der Waals surface area contributed by atoms with Gasteiger partial charge in [0.05, 0.1) is 13.0 Å². The average Bonchev–Trinajstić information content (AvgIpc) is 2.35. The molecule has 0 saturated carbocycles. The first-order valence-electron chi connectivity index (χ1n) is 5.76. The lowest BCUT2D eigenvalue weighted by atomic mass is 10.0. The number of halogens is 1. The molecule has 0 unspecified atom stereocenters. The maximum absolute atomic E-state index is 11.9. The summed E-state index contributed by atoms with van der Waals surface area (Å²) in [6.45, 7) is 0.313. The van der Waals surface area contributed by atoms with Gasteiger partial charge in [-0.2, -0.15) is 0 Å². The van der Waals surface area contributed by atoms with Gasteiger partial charge in [-0.1, -0.05) is 28.1 Å². The Balaban J connectivity index is 2.95. The fourth-order valence-corrected chi connectivity index (χ4v) is 2.18. The van der Waals surface area contributed by atoms with Gasteiger partial charge >= 0.3 is 0 Å². The summed E-state index contributed by atoms with van der Waals surface area (Å²) in [6.07, 6.45) is 0.213. The molecule has 0 aliphatic carbocycles. The number of carbonyl (C=O) groups is 2. The molecule has 1 aromatic carbocycles. The van der Waals surface area contributed by atoms with E-state index in [0.29, 0.717) is 12.2 Å². The zero-order valence-corrected chi connectivity index (χ0v) is 12.5. The van der Waals surface area contributed by atoms with E-state index in [1.807, 2.05) is 6.07 Å². The second-order valence-electron chi connectivity index (χ2n) is 4.11. The molecular weight excluding hydrogens is 312 g/mol. The zero-order valence-electron chi connectivity index (χ0n) is 10.9. The monoisotopic (exact) mass is 328 g/mol. The molecular formula is C13H17BrN2O3. The smallest absolute Gasteiger partial charge is 0.244 e. The molecule has 1 atom stereocenters. The van der Waals surface area contributed by atoms with Crippen LogP contribution in [0.4, 0.5) is 0 Å². The number of hydrogen-bond donors (Lipinski definition) is 1. The number of nitrogens with zero attached hydrogens (tertiary/aromatic N) is 1. The van der Waals surface area contributed by atoms with Gasteiger partial charge in [-0.15, -0.1) is 0 Å². The number of likely N-dealkylation sites (N-methyl/N-ethyl adjacent to an activating group) is 1. The van der Waals surface area contributed by atoms with Gasteiger partial charge in [0, 0.05) is 18.6 Å². The van der Waals surface area contributed by atoms with E-state index >= 15 is 0 Å². The van der Waals surface area contributed by atoms with Gasteiger partial charge in [0.2, 0.25) is 11.8 Å². The number of rotatable bonds is 6. The van der Waals surface area contributed by atoms with Crippen molar-refractivity contribution in [1.29, 1.82) is 0 Å². The van der Waals surface area contributed by atoms with Crippen molar-refractivity contribution in [2.75, 3.05) is 20.8 Å². The van der Waals surface area contributed by atoms with Crippen LogP contribution in [0.2, 0.25) is 0 Å². The fourth-order valence-electron chi connectivity index (χ4n) is 1.77. The molecule has 19 heavy (non-hydrogen) atoms. The summed E-state index contributed by atoms with van der Waals surface area (Å²) < 4.78 is 5.68. The minimum atomic E-state index is -0.776. The number of hydrogen-bond acceptors (Lipinski definition) is 3. The molecule has 0 heterocycles. The second kappa shape index (κ2) is 7.25. The predicted octanol–water partition coefficient (Wildman–Crippen LogP) is 1.47. The quantitative estimate of drug-likeness (QED) is 0.859. The van der Waals surface area contributed by atoms with Crippen LogP contribution >= 0.6 is 15.9 Å².